The molecule has 1 atom stereocenters. The Labute approximate surface area is 196 Å². The van der Waals surface area contributed by atoms with Crippen LogP contribution in [0, 0.1) is 5.82 Å². The summed E-state index contributed by atoms with van der Waals surface area (Å²) in [4.78, 5) is 22.0. The first-order chi connectivity index (χ1) is 16.0. The molecule has 2 N–H and O–H groups in total. The Morgan fingerprint density at radius 3 is 2.67 bits per heavy atom. The smallest absolute Gasteiger partial charge is 0.252 e. The Kier molecular flexibility index (Phi) is 7.27. The molecule has 168 valence electrons. The molecule has 0 fully saturated rings. The lowest BCUT2D eigenvalue weighted by Crippen LogP contribution is -2.38. The normalized spacial score (nSPS) is 13.9. The lowest BCUT2D eigenvalue weighted by Gasteiger charge is -2.19. The Balaban J connectivity index is 1.58. The Bertz CT molecular complexity index is 1190. The number of aliphatic hydroxyl groups excluding tert-OH is 1. The lowest BCUT2D eigenvalue weighted by molar-refractivity contribution is 0.0929. The number of amides is 1. The molecular formula is C26H23ClFN3O2. The molecule has 1 aliphatic heterocycles. The molecular weight excluding hydrogens is 441 g/mol. The zero-order valence-electron chi connectivity index (χ0n) is 17.8. The van der Waals surface area contributed by atoms with Gasteiger partial charge in [0.15, 0.2) is 0 Å². The molecule has 0 unspecified atom stereocenters. The largest absolute Gasteiger partial charge is 0.396 e. The first-order valence-corrected chi connectivity index (χ1v) is 11.0. The van der Waals surface area contributed by atoms with Crippen LogP contribution in [0.3, 0.4) is 0 Å². The van der Waals surface area contributed by atoms with Gasteiger partial charge in [-0.2, -0.15) is 0 Å². The van der Waals surface area contributed by atoms with Crippen LogP contribution in [0.2, 0.25) is 5.02 Å². The highest BCUT2D eigenvalue weighted by atomic mass is 35.5. The van der Waals surface area contributed by atoms with Gasteiger partial charge in [-0.15, -0.1) is 0 Å². The second kappa shape index (κ2) is 10.5. The third kappa shape index (κ3) is 5.53. The Morgan fingerprint density at radius 2 is 1.94 bits per heavy atom. The first-order valence-electron chi connectivity index (χ1n) is 10.7. The zero-order chi connectivity index (χ0) is 23.2. The molecule has 1 aliphatic rings. The molecule has 1 aromatic heterocycles. The fourth-order valence-corrected chi connectivity index (χ4v) is 3.93. The van der Waals surface area contributed by atoms with E-state index in [1.54, 1.807) is 30.5 Å². The molecule has 33 heavy (non-hydrogen) atoms. The maximum Gasteiger partial charge on any atom is 0.252 e. The number of benzene rings is 2. The van der Waals surface area contributed by atoms with Crippen LogP contribution < -0.4 is 5.32 Å². The molecule has 1 amide bonds. The van der Waals surface area contributed by atoms with Crippen LogP contribution in [0.1, 0.15) is 33.6 Å². The molecule has 2 heterocycles. The minimum atomic E-state index is -0.515. The van der Waals surface area contributed by atoms with Crippen LogP contribution in [-0.2, 0) is 6.42 Å². The summed E-state index contributed by atoms with van der Waals surface area (Å²) in [6, 6.07) is 17.0. The number of aliphatic imine (C=N–C) groups is 1. The summed E-state index contributed by atoms with van der Waals surface area (Å²) in [5.41, 5.74) is 3.45. The van der Waals surface area contributed by atoms with Crippen molar-refractivity contribution in [3.8, 4) is 0 Å². The van der Waals surface area contributed by atoms with E-state index < -0.39 is 11.7 Å². The number of aromatic nitrogens is 1. The van der Waals surface area contributed by atoms with Gasteiger partial charge in [0.25, 0.3) is 5.91 Å². The van der Waals surface area contributed by atoms with Crippen LogP contribution in [0.5, 0.6) is 0 Å². The number of rotatable bonds is 8. The predicted octanol–water partition coefficient (Wildman–Crippen LogP) is 4.48. The van der Waals surface area contributed by atoms with E-state index in [0.29, 0.717) is 30.1 Å². The fraction of sp³-hybridized carbons (Fsp3) is 0.192. The summed E-state index contributed by atoms with van der Waals surface area (Å²) in [7, 11) is 0. The third-order valence-electron chi connectivity index (χ3n) is 5.45. The van der Waals surface area contributed by atoms with Gasteiger partial charge >= 0.3 is 0 Å². The molecule has 3 aromatic rings. The summed E-state index contributed by atoms with van der Waals surface area (Å²) in [5, 5.41) is 13.0. The highest BCUT2D eigenvalue weighted by Crippen LogP contribution is 2.26. The van der Waals surface area contributed by atoms with E-state index in [0.717, 1.165) is 16.8 Å². The van der Waals surface area contributed by atoms with Gasteiger partial charge in [-0.05, 0) is 60.0 Å². The van der Waals surface area contributed by atoms with Crippen LogP contribution in [0.4, 0.5) is 4.39 Å². The standard InChI is InChI=1S/C26H23ClFN3O2/c27-19-9-7-17(8-10-19)18-14-24(30-16-18)25-22(5-3-6-23(25)28)26(33)31-21(11-13-32)15-20-4-1-2-12-29-20/h1-10,12,14,21,32H,11,13,15-16H2,(H,31,33)/t21-/m0/s1. The molecule has 0 saturated heterocycles. The van der Waals surface area contributed by atoms with Gasteiger partial charge in [0.05, 0.1) is 17.8 Å². The summed E-state index contributed by atoms with van der Waals surface area (Å²) in [6.07, 6.45) is 4.30. The molecule has 0 spiro atoms. The zero-order valence-corrected chi connectivity index (χ0v) is 18.6. The van der Waals surface area contributed by atoms with Crippen molar-refractivity contribution < 1.29 is 14.3 Å². The van der Waals surface area contributed by atoms with Crippen LogP contribution in [-0.4, -0.2) is 40.9 Å². The first kappa shape index (κ1) is 22.8. The average molecular weight is 464 g/mol. The van der Waals surface area contributed by atoms with Gasteiger partial charge in [-0.25, -0.2) is 4.39 Å². The van der Waals surface area contributed by atoms with Gasteiger partial charge in [-0.1, -0.05) is 35.9 Å². The van der Waals surface area contributed by atoms with Crippen molar-refractivity contribution in [3.63, 3.8) is 0 Å². The maximum atomic E-state index is 14.9. The summed E-state index contributed by atoms with van der Waals surface area (Å²) in [5.74, 6) is -0.937. The van der Waals surface area contributed by atoms with Crippen molar-refractivity contribution in [1.29, 1.82) is 0 Å². The minimum absolute atomic E-state index is 0.0896. The lowest BCUT2D eigenvalue weighted by atomic mass is 9.98. The highest BCUT2D eigenvalue weighted by molar-refractivity contribution is 6.30. The van der Waals surface area contributed by atoms with E-state index >= 15 is 0 Å². The molecule has 7 heteroatoms. The van der Waals surface area contributed by atoms with Gasteiger partial charge in [0.1, 0.15) is 5.82 Å². The Morgan fingerprint density at radius 1 is 1.12 bits per heavy atom. The van der Waals surface area contributed by atoms with Gasteiger partial charge in [0.2, 0.25) is 0 Å². The monoisotopic (exact) mass is 463 g/mol. The van der Waals surface area contributed by atoms with Crippen molar-refractivity contribution in [1.82, 2.24) is 10.3 Å². The molecule has 2 aromatic carbocycles. The summed E-state index contributed by atoms with van der Waals surface area (Å²) in [6.45, 7) is 0.298. The summed E-state index contributed by atoms with van der Waals surface area (Å²) >= 11 is 5.97. The number of nitrogens with one attached hydrogen (secondary N) is 1. The average Bonchev–Trinajstić information content (AvgIpc) is 3.30. The number of carbonyl (C=O) groups excluding carboxylic acids is 1. The van der Waals surface area contributed by atoms with E-state index in [-0.39, 0.29) is 23.8 Å². The molecule has 4 rings (SSSR count). The van der Waals surface area contributed by atoms with Crippen molar-refractivity contribution in [2.75, 3.05) is 13.2 Å². The van der Waals surface area contributed by atoms with E-state index in [1.807, 2.05) is 30.3 Å². The number of allylic oxidation sites excluding steroid dienone is 1. The fourth-order valence-electron chi connectivity index (χ4n) is 3.81. The third-order valence-corrected chi connectivity index (χ3v) is 5.71. The van der Waals surface area contributed by atoms with Gasteiger partial charge < -0.3 is 10.4 Å². The second-order valence-electron chi connectivity index (χ2n) is 7.75. The Hall–Kier alpha value is -3.35. The van der Waals surface area contributed by atoms with Gasteiger partial charge in [0, 0.05) is 41.5 Å². The quantitative estimate of drug-likeness (QED) is 0.517. The van der Waals surface area contributed by atoms with Crippen molar-refractivity contribution in [3.05, 3.63) is 106 Å². The van der Waals surface area contributed by atoms with E-state index in [1.165, 1.54) is 12.1 Å². The van der Waals surface area contributed by atoms with E-state index in [9.17, 15) is 14.3 Å². The van der Waals surface area contributed by atoms with Crippen molar-refractivity contribution in [2.24, 2.45) is 4.99 Å². The predicted molar refractivity (Wildman–Crippen MR) is 128 cm³/mol. The molecule has 0 aliphatic carbocycles. The number of hydrogen-bond acceptors (Lipinski definition) is 4. The minimum Gasteiger partial charge on any atom is -0.396 e. The van der Waals surface area contributed by atoms with Crippen LogP contribution in [0.15, 0.2) is 77.9 Å². The molecule has 0 radical (unpaired) electrons. The SMILES string of the molecule is O=C(N[C@@H](CCO)Cc1ccccn1)c1cccc(F)c1C1=NCC(c2ccc(Cl)cc2)=C1. The van der Waals surface area contributed by atoms with E-state index in [4.69, 9.17) is 11.6 Å². The molecule has 5 nitrogen and oxygen atoms in total. The van der Waals surface area contributed by atoms with Crippen molar-refractivity contribution >= 4 is 28.8 Å². The molecule has 0 bridgehead atoms. The number of carbonyl (C=O) groups is 1. The second-order valence-corrected chi connectivity index (χ2v) is 8.18. The highest BCUT2D eigenvalue weighted by Gasteiger charge is 2.23. The number of aliphatic hydroxyl groups is 1. The summed E-state index contributed by atoms with van der Waals surface area (Å²) < 4.78 is 14.9. The number of nitrogens with zero attached hydrogens (tertiary/aromatic N) is 2. The number of halogens is 2. The van der Waals surface area contributed by atoms with Gasteiger partial charge in [-0.3, -0.25) is 14.8 Å². The maximum absolute atomic E-state index is 14.9. The molecule has 0 saturated carbocycles. The van der Waals surface area contributed by atoms with Crippen LogP contribution in [0.25, 0.3) is 5.57 Å². The topological polar surface area (TPSA) is 74.6 Å². The number of pyridine rings is 1. The number of hydrogen-bond donors (Lipinski definition) is 2. The van der Waals surface area contributed by atoms with Crippen LogP contribution >= 0.6 is 11.6 Å². The van der Waals surface area contributed by atoms with Crippen molar-refractivity contribution in [2.45, 2.75) is 18.9 Å². The van der Waals surface area contributed by atoms with E-state index in [2.05, 4.69) is 15.3 Å².